The van der Waals surface area contributed by atoms with Crippen LogP contribution in [0.3, 0.4) is 0 Å². The fourth-order valence-corrected chi connectivity index (χ4v) is 2.96. The molecule has 0 aliphatic heterocycles. The molecule has 0 N–H and O–H groups in total. The van der Waals surface area contributed by atoms with Gasteiger partial charge in [-0.2, -0.15) is 9.61 Å². The molecule has 0 amide bonds. The number of hydrogen-bond donors (Lipinski definition) is 0. The number of aryl methyl sites for hydroxylation is 1. The Morgan fingerprint density at radius 3 is 2.67 bits per heavy atom. The summed E-state index contributed by atoms with van der Waals surface area (Å²) >= 11 is 1.54. The van der Waals surface area contributed by atoms with E-state index in [1.807, 2.05) is 29.8 Å². The number of aromatic nitrogens is 5. The van der Waals surface area contributed by atoms with E-state index in [0.717, 1.165) is 46.7 Å². The minimum atomic E-state index is 0.767. The molecule has 110 valence electrons. The molecule has 3 heterocycles. The van der Waals surface area contributed by atoms with E-state index in [2.05, 4.69) is 39.0 Å². The van der Waals surface area contributed by atoms with Gasteiger partial charge in [0.25, 0.3) is 0 Å². The zero-order valence-corrected chi connectivity index (χ0v) is 13.3. The molecule has 0 fully saturated rings. The Morgan fingerprint density at radius 1 is 1.19 bits per heavy atom. The number of fused-ring (bicyclic) bond motifs is 1. The highest BCUT2D eigenvalue weighted by Gasteiger charge is 2.14. The summed E-state index contributed by atoms with van der Waals surface area (Å²) in [5.41, 5.74) is 2.02. The van der Waals surface area contributed by atoms with Crippen LogP contribution in [-0.4, -0.2) is 42.8 Å². The third-order valence-electron chi connectivity index (χ3n) is 3.47. The van der Waals surface area contributed by atoms with Gasteiger partial charge >= 0.3 is 0 Å². The molecule has 0 aliphatic carbocycles. The van der Waals surface area contributed by atoms with E-state index in [1.54, 1.807) is 0 Å². The molecule has 21 heavy (non-hydrogen) atoms. The predicted molar refractivity (Wildman–Crippen MR) is 83.3 cm³/mol. The van der Waals surface area contributed by atoms with Gasteiger partial charge < -0.3 is 0 Å². The lowest BCUT2D eigenvalue weighted by atomic mass is 10.3. The van der Waals surface area contributed by atoms with Gasteiger partial charge in [-0.15, -0.1) is 10.2 Å². The van der Waals surface area contributed by atoms with E-state index in [1.165, 1.54) is 11.3 Å². The number of rotatable bonds is 5. The van der Waals surface area contributed by atoms with Gasteiger partial charge in [0.15, 0.2) is 5.82 Å². The van der Waals surface area contributed by atoms with E-state index in [-0.39, 0.29) is 0 Å². The molecule has 3 aromatic heterocycles. The molecule has 0 spiro atoms. The first-order chi connectivity index (χ1) is 10.2. The van der Waals surface area contributed by atoms with Crippen LogP contribution in [0.2, 0.25) is 0 Å². The first-order valence-corrected chi connectivity index (χ1v) is 7.89. The average molecular weight is 302 g/mol. The van der Waals surface area contributed by atoms with Crippen LogP contribution in [0.1, 0.15) is 25.4 Å². The van der Waals surface area contributed by atoms with Gasteiger partial charge in [0.05, 0.1) is 6.54 Å². The Bertz CT molecular complexity index is 726. The summed E-state index contributed by atoms with van der Waals surface area (Å²) in [6.45, 7) is 9.01. The highest BCUT2D eigenvalue weighted by Crippen LogP contribution is 2.25. The summed E-state index contributed by atoms with van der Waals surface area (Å²) in [6.07, 6.45) is 1.85. The molecule has 0 aromatic carbocycles. The molecular formula is C14H18N6S. The highest BCUT2D eigenvalue weighted by molar-refractivity contribution is 7.19. The lowest BCUT2D eigenvalue weighted by molar-refractivity contribution is 0.286. The molecule has 0 aliphatic rings. The van der Waals surface area contributed by atoms with Crippen LogP contribution in [0.15, 0.2) is 18.3 Å². The van der Waals surface area contributed by atoms with Crippen molar-refractivity contribution in [2.75, 3.05) is 13.1 Å². The normalized spacial score (nSPS) is 11.6. The maximum Gasteiger partial charge on any atom is 0.235 e. The van der Waals surface area contributed by atoms with Gasteiger partial charge in [0, 0.05) is 17.5 Å². The lowest BCUT2D eigenvalue weighted by Gasteiger charge is -2.15. The summed E-state index contributed by atoms with van der Waals surface area (Å²) < 4.78 is 1.85. The Kier molecular flexibility index (Phi) is 3.94. The van der Waals surface area contributed by atoms with Crippen LogP contribution in [0.25, 0.3) is 15.5 Å². The van der Waals surface area contributed by atoms with Crippen molar-refractivity contribution in [1.82, 2.24) is 29.7 Å². The quantitative estimate of drug-likeness (QED) is 0.724. The largest absolute Gasteiger partial charge is 0.296 e. The van der Waals surface area contributed by atoms with Crippen LogP contribution in [-0.2, 0) is 6.54 Å². The van der Waals surface area contributed by atoms with Gasteiger partial charge in [-0.3, -0.25) is 9.88 Å². The van der Waals surface area contributed by atoms with Crippen LogP contribution >= 0.6 is 11.3 Å². The standard InChI is InChI=1S/C14H18N6S/c1-4-19(5-2)9-12-16-17-14-20(12)18-13(21-14)11-7-6-10(3)15-8-11/h6-8H,4-5,9H2,1-3H3. The fourth-order valence-electron chi connectivity index (χ4n) is 2.11. The second kappa shape index (κ2) is 5.87. The number of hydrogen-bond acceptors (Lipinski definition) is 6. The Hall–Kier alpha value is -1.86. The van der Waals surface area contributed by atoms with Gasteiger partial charge in [-0.05, 0) is 32.1 Å². The highest BCUT2D eigenvalue weighted by atomic mass is 32.1. The van der Waals surface area contributed by atoms with Crippen LogP contribution in [0.5, 0.6) is 0 Å². The van der Waals surface area contributed by atoms with Crippen molar-refractivity contribution < 1.29 is 0 Å². The van der Waals surface area contributed by atoms with E-state index in [9.17, 15) is 0 Å². The Labute approximate surface area is 127 Å². The third kappa shape index (κ3) is 2.79. The minimum absolute atomic E-state index is 0.767. The monoisotopic (exact) mass is 302 g/mol. The van der Waals surface area contributed by atoms with Crippen molar-refractivity contribution in [1.29, 1.82) is 0 Å². The SMILES string of the molecule is CCN(CC)Cc1nnc2sc(-c3ccc(C)nc3)nn12. The maximum atomic E-state index is 4.64. The third-order valence-corrected chi connectivity index (χ3v) is 4.42. The predicted octanol–water partition coefficient (Wildman–Crippen LogP) is 2.40. The molecule has 0 radical (unpaired) electrons. The fraction of sp³-hybridized carbons (Fsp3) is 0.429. The van der Waals surface area contributed by atoms with Gasteiger partial charge in [0.2, 0.25) is 4.96 Å². The molecule has 6 nitrogen and oxygen atoms in total. The average Bonchev–Trinajstić information content (AvgIpc) is 3.07. The molecule has 0 saturated heterocycles. The topological polar surface area (TPSA) is 59.2 Å². The molecule has 0 saturated carbocycles. The molecule has 3 aromatic rings. The molecule has 7 heteroatoms. The first-order valence-electron chi connectivity index (χ1n) is 7.07. The second-order valence-corrected chi connectivity index (χ2v) is 5.82. The van der Waals surface area contributed by atoms with Crippen molar-refractivity contribution in [2.24, 2.45) is 0 Å². The van der Waals surface area contributed by atoms with E-state index >= 15 is 0 Å². The molecular weight excluding hydrogens is 284 g/mol. The number of pyridine rings is 1. The summed E-state index contributed by atoms with van der Waals surface area (Å²) in [4.78, 5) is 7.44. The summed E-state index contributed by atoms with van der Waals surface area (Å²) in [5, 5.41) is 14.0. The molecule has 0 unspecified atom stereocenters. The Balaban J connectivity index is 1.93. The van der Waals surface area contributed by atoms with E-state index < -0.39 is 0 Å². The van der Waals surface area contributed by atoms with Gasteiger partial charge in [-0.1, -0.05) is 25.2 Å². The van der Waals surface area contributed by atoms with Crippen molar-refractivity contribution in [3.63, 3.8) is 0 Å². The van der Waals surface area contributed by atoms with Crippen molar-refractivity contribution in [3.8, 4) is 10.6 Å². The summed E-state index contributed by atoms with van der Waals surface area (Å²) in [6, 6.07) is 4.03. The van der Waals surface area contributed by atoms with Crippen LogP contribution in [0, 0.1) is 6.92 Å². The van der Waals surface area contributed by atoms with Crippen molar-refractivity contribution >= 4 is 16.3 Å². The van der Waals surface area contributed by atoms with Gasteiger partial charge in [-0.25, -0.2) is 0 Å². The summed E-state index contributed by atoms with van der Waals surface area (Å²) in [5.74, 6) is 0.885. The number of nitrogens with zero attached hydrogens (tertiary/aromatic N) is 6. The second-order valence-electron chi connectivity index (χ2n) is 4.87. The van der Waals surface area contributed by atoms with E-state index in [4.69, 9.17) is 0 Å². The van der Waals surface area contributed by atoms with Crippen LogP contribution < -0.4 is 0 Å². The minimum Gasteiger partial charge on any atom is -0.296 e. The van der Waals surface area contributed by atoms with Crippen LogP contribution in [0.4, 0.5) is 0 Å². The zero-order valence-electron chi connectivity index (χ0n) is 12.4. The molecule has 3 rings (SSSR count). The van der Waals surface area contributed by atoms with Gasteiger partial charge in [0.1, 0.15) is 5.01 Å². The molecule has 0 atom stereocenters. The first kappa shape index (κ1) is 14.1. The van der Waals surface area contributed by atoms with E-state index in [0.29, 0.717) is 0 Å². The maximum absolute atomic E-state index is 4.64. The zero-order chi connectivity index (χ0) is 14.8. The molecule has 0 bridgehead atoms. The summed E-state index contributed by atoms with van der Waals surface area (Å²) in [7, 11) is 0. The van der Waals surface area contributed by atoms with Crippen molar-refractivity contribution in [3.05, 3.63) is 29.8 Å². The Morgan fingerprint density at radius 2 is 2.00 bits per heavy atom. The smallest absolute Gasteiger partial charge is 0.235 e. The lowest BCUT2D eigenvalue weighted by Crippen LogP contribution is -2.23. The van der Waals surface area contributed by atoms with Crippen molar-refractivity contribution in [2.45, 2.75) is 27.3 Å².